The Bertz CT molecular complexity index is 1960. The Morgan fingerprint density at radius 3 is 1.90 bits per heavy atom. The number of rotatable bonds is 9. The minimum Gasteiger partial charge on any atom is -0.438 e. The number of carbonyl (C=O) groups is 3. The molecule has 0 saturated carbocycles. The molecule has 1 heterocycles. The Labute approximate surface area is 283 Å². The van der Waals surface area contributed by atoms with Gasteiger partial charge in [0.2, 0.25) is 11.8 Å². The third-order valence-electron chi connectivity index (χ3n) is 9.86. The number of hydrogen-bond acceptors (Lipinski definition) is 6. The molecule has 2 atom stereocenters. The highest BCUT2D eigenvalue weighted by molar-refractivity contribution is 7.69. The predicted octanol–water partition coefficient (Wildman–Crippen LogP) is 9.07. The molecule has 1 aliphatic heterocycles. The fraction of sp³-hybridized carbons (Fsp3) is 0.275. The summed E-state index contributed by atoms with van der Waals surface area (Å²) in [4.78, 5) is 39.2. The molecular weight excluding hydrogens is 621 g/mol. The number of fused-ring (bicyclic) bond motifs is 3. The van der Waals surface area contributed by atoms with Crippen LogP contribution in [-0.2, 0) is 29.5 Å². The maximum atomic E-state index is 16.0. The van der Waals surface area contributed by atoms with Crippen LogP contribution in [0.3, 0.4) is 0 Å². The van der Waals surface area contributed by atoms with Crippen LogP contribution in [0.2, 0.25) is 0 Å². The van der Waals surface area contributed by atoms with E-state index >= 15 is 4.57 Å². The summed E-state index contributed by atoms with van der Waals surface area (Å²) in [6, 6.07) is 28.1. The summed E-state index contributed by atoms with van der Waals surface area (Å²) >= 11 is 0. The minimum atomic E-state index is -3.93. The summed E-state index contributed by atoms with van der Waals surface area (Å²) in [5, 5.41) is -0.787. The second-order valence-corrected chi connectivity index (χ2v) is 15.5. The number of hydrogen-bond donors (Lipinski definition) is 0. The lowest BCUT2D eigenvalue weighted by molar-refractivity contribution is -0.130. The lowest BCUT2D eigenvalue weighted by atomic mass is 9.77. The first-order chi connectivity index (χ1) is 22.7. The Balaban J connectivity index is 1.84. The van der Waals surface area contributed by atoms with Gasteiger partial charge in [-0.25, -0.2) is 9.69 Å². The lowest BCUT2D eigenvalue weighted by Gasteiger charge is -2.42. The van der Waals surface area contributed by atoms with Crippen LogP contribution in [0.25, 0.3) is 11.1 Å². The number of carbonyl (C=O) groups excluding carboxylic acids is 3. The molecule has 1 aliphatic rings. The number of benzene rings is 4. The van der Waals surface area contributed by atoms with Gasteiger partial charge in [-0.1, -0.05) is 94.1 Å². The maximum Gasteiger partial charge on any atom is 0.338 e. The molecule has 0 aliphatic carbocycles. The first-order valence-electron chi connectivity index (χ1n) is 16.1. The van der Waals surface area contributed by atoms with Crippen molar-refractivity contribution >= 4 is 36.1 Å². The average molecular weight is 664 g/mol. The second-order valence-electron chi connectivity index (χ2n) is 12.8. The number of nitrogens with zero attached hydrogens (tertiary/aromatic N) is 1. The van der Waals surface area contributed by atoms with Gasteiger partial charge in [0.05, 0.1) is 11.0 Å². The third-order valence-corrected chi connectivity index (χ3v) is 13.0. The number of amides is 2. The van der Waals surface area contributed by atoms with E-state index in [-0.39, 0.29) is 22.4 Å². The smallest absolute Gasteiger partial charge is 0.338 e. The number of anilines is 1. The molecule has 4 aromatic rings. The van der Waals surface area contributed by atoms with Gasteiger partial charge in [-0.05, 0) is 78.6 Å². The zero-order valence-corrected chi connectivity index (χ0v) is 29.5. The molecule has 5 rings (SSSR count). The largest absolute Gasteiger partial charge is 0.438 e. The van der Waals surface area contributed by atoms with E-state index in [9.17, 15) is 14.4 Å². The average Bonchev–Trinajstić information content (AvgIpc) is 3.08. The van der Waals surface area contributed by atoms with Crippen LogP contribution in [0.5, 0.6) is 11.5 Å². The van der Waals surface area contributed by atoms with Crippen LogP contribution in [0.1, 0.15) is 78.0 Å². The molecule has 248 valence electrons. The van der Waals surface area contributed by atoms with Gasteiger partial charge in [0.1, 0.15) is 10.9 Å². The number of esters is 1. The van der Waals surface area contributed by atoms with E-state index in [4.69, 9.17) is 9.26 Å². The second kappa shape index (κ2) is 13.0. The van der Waals surface area contributed by atoms with E-state index in [0.29, 0.717) is 16.6 Å². The third kappa shape index (κ3) is 5.71. The van der Waals surface area contributed by atoms with Crippen molar-refractivity contribution in [2.24, 2.45) is 0 Å². The van der Waals surface area contributed by atoms with Crippen molar-refractivity contribution < 1.29 is 28.2 Å². The number of imide groups is 1. The SMILES string of the molecule is C=C(C)C(=O)Oc1cc(C(C)(c2ccc(C(C)(CC)CC)cc2)P2(=O)Oc3ccccc3-c3ccccc32)ccc1N(C(C)=O)C(C)=O. The molecule has 0 radical (unpaired) electrons. The topological polar surface area (TPSA) is 90.0 Å². The zero-order chi connectivity index (χ0) is 35.0. The fourth-order valence-corrected chi connectivity index (χ4v) is 9.40. The summed E-state index contributed by atoms with van der Waals surface area (Å²) in [5.41, 5.74) is 4.20. The van der Waals surface area contributed by atoms with Gasteiger partial charge in [-0.2, -0.15) is 0 Å². The molecule has 0 N–H and O–H groups in total. The van der Waals surface area contributed by atoms with Crippen molar-refractivity contribution in [2.45, 2.75) is 71.9 Å². The highest BCUT2D eigenvalue weighted by Crippen LogP contribution is 2.69. The van der Waals surface area contributed by atoms with Crippen molar-refractivity contribution in [2.75, 3.05) is 4.90 Å². The van der Waals surface area contributed by atoms with E-state index in [1.54, 1.807) is 18.2 Å². The molecule has 4 aromatic carbocycles. The van der Waals surface area contributed by atoms with Gasteiger partial charge in [0.15, 0.2) is 5.75 Å². The van der Waals surface area contributed by atoms with Crippen LogP contribution in [0.4, 0.5) is 5.69 Å². The van der Waals surface area contributed by atoms with Gasteiger partial charge < -0.3 is 9.26 Å². The van der Waals surface area contributed by atoms with Gasteiger partial charge in [0.25, 0.3) is 7.37 Å². The lowest BCUT2D eigenvalue weighted by Crippen LogP contribution is -2.35. The molecule has 8 heteroatoms. The van der Waals surface area contributed by atoms with Gasteiger partial charge in [-0.15, -0.1) is 0 Å². The van der Waals surface area contributed by atoms with E-state index < -0.39 is 30.3 Å². The molecule has 0 aromatic heterocycles. The summed E-state index contributed by atoms with van der Waals surface area (Å²) in [7, 11) is -3.93. The van der Waals surface area contributed by atoms with Gasteiger partial charge >= 0.3 is 5.97 Å². The van der Waals surface area contributed by atoms with Crippen molar-refractivity contribution in [1.29, 1.82) is 0 Å². The summed E-state index contributed by atoms with van der Waals surface area (Å²) < 4.78 is 28.5. The van der Waals surface area contributed by atoms with Crippen molar-refractivity contribution in [3.05, 3.63) is 120 Å². The van der Waals surface area contributed by atoms with Crippen LogP contribution in [0.15, 0.2) is 103 Å². The molecule has 0 saturated heterocycles. The highest BCUT2D eigenvalue weighted by atomic mass is 31.2. The normalized spacial score (nSPS) is 16.4. The molecular formula is C40H42NO6P. The quantitative estimate of drug-likeness (QED) is 0.0768. The monoisotopic (exact) mass is 663 g/mol. The predicted molar refractivity (Wildman–Crippen MR) is 191 cm³/mol. The van der Waals surface area contributed by atoms with E-state index in [1.807, 2.05) is 67.6 Å². The van der Waals surface area contributed by atoms with Gasteiger partial charge in [-0.3, -0.25) is 14.2 Å². The summed E-state index contributed by atoms with van der Waals surface area (Å²) in [6.45, 7) is 16.2. The van der Waals surface area contributed by atoms with Gasteiger partial charge in [0, 0.05) is 25.0 Å². The van der Waals surface area contributed by atoms with Crippen LogP contribution in [-0.4, -0.2) is 17.8 Å². The Morgan fingerprint density at radius 1 is 0.771 bits per heavy atom. The van der Waals surface area contributed by atoms with E-state index in [0.717, 1.165) is 40.0 Å². The Morgan fingerprint density at radius 2 is 1.31 bits per heavy atom. The summed E-state index contributed by atoms with van der Waals surface area (Å²) in [5.74, 6) is -1.38. The Kier molecular flexibility index (Phi) is 9.40. The highest BCUT2D eigenvalue weighted by Gasteiger charge is 2.54. The molecule has 0 fully saturated rings. The van der Waals surface area contributed by atoms with E-state index in [1.165, 1.54) is 20.8 Å². The molecule has 0 bridgehead atoms. The first-order valence-corrected chi connectivity index (χ1v) is 17.8. The molecule has 7 nitrogen and oxygen atoms in total. The van der Waals surface area contributed by atoms with Crippen molar-refractivity contribution in [3.8, 4) is 22.6 Å². The minimum absolute atomic E-state index is 0.0412. The maximum absolute atomic E-state index is 16.0. The van der Waals surface area contributed by atoms with Crippen molar-refractivity contribution in [3.63, 3.8) is 0 Å². The van der Waals surface area contributed by atoms with E-state index in [2.05, 4.69) is 39.5 Å². The number of para-hydroxylation sites is 1. The molecule has 2 amide bonds. The molecule has 48 heavy (non-hydrogen) atoms. The standard InChI is InChI=1S/C40H42NO6P/c1-9-39(7,10-2)29-19-21-30(22-20-29)40(8,48(45)37-18-14-12-16-33(37)32-15-11-13-17-35(32)47-48)31-23-24-34(41(27(5)42)28(6)43)36(25-31)46-38(44)26(3)4/h11-25H,3,9-10H2,1-2,4-8H3. The molecule has 2 unspecified atom stereocenters. The Hall–Kier alpha value is -4.74. The number of ether oxygens (including phenoxy) is 1. The summed E-state index contributed by atoms with van der Waals surface area (Å²) in [6.07, 6.45) is 1.90. The molecule has 0 spiro atoms. The van der Waals surface area contributed by atoms with Crippen LogP contribution >= 0.6 is 7.37 Å². The first kappa shape index (κ1) is 34.6. The zero-order valence-electron chi connectivity index (χ0n) is 28.6. The van der Waals surface area contributed by atoms with Crippen LogP contribution < -0.4 is 19.5 Å². The van der Waals surface area contributed by atoms with Crippen molar-refractivity contribution in [1.82, 2.24) is 0 Å². The fourth-order valence-electron chi connectivity index (χ4n) is 6.44. The van der Waals surface area contributed by atoms with Crippen LogP contribution in [0, 0.1) is 0 Å².